The molecule has 9 rings (SSSR count). The Morgan fingerprint density at radius 1 is 0.420 bits per heavy atom. The number of hydrogen-bond acceptors (Lipinski definition) is 3. The molecule has 50 heavy (non-hydrogen) atoms. The second-order valence-corrected chi connectivity index (χ2v) is 12.7. The molecule has 0 bridgehead atoms. The lowest BCUT2D eigenvalue weighted by molar-refractivity contribution is 0.986. The molecular formula is C47H33N3. The largest absolute Gasteiger partial charge is 0.387 e. The molecule has 7 aromatic carbocycles. The predicted octanol–water partition coefficient (Wildman–Crippen LogP) is 11.6. The molecule has 1 aromatic heterocycles. The van der Waals surface area contributed by atoms with E-state index in [0.717, 1.165) is 40.2 Å². The van der Waals surface area contributed by atoms with Gasteiger partial charge in [-0.2, -0.15) is 0 Å². The van der Waals surface area contributed by atoms with Crippen molar-refractivity contribution in [2.24, 2.45) is 0 Å². The molecule has 1 aliphatic rings. The standard InChI is InChI=1S/C47H33N3/c1-2-10-38-28-40(26-19-32(38)8-1)39-12-5-13-41(29-39)46-30-45(36-22-17-33(18-23-36)42-14-7-27-48-31-42)49-47(50-46)37-24-20-35(21-25-37)44-16-6-11-34-9-3-4-15-43(34)44/h1-30,48H,31H2. The lowest BCUT2D eigenvalue weighted by atomic mass is 9.97. The average molecular weight is 640 g/mol. The van der Waals surface area contributed by atoms with E-state index in [-0.39, 0.29) is 0 Å². The number of aromatic nitrogens is 2. The van der Waals surface area contributed by atoms with Gasteiger partial charge in [-0.15, -0.1) is 0 Å². The van der Waals surface area contributed by atoms with Gasteiger partial charge < -0.3 is 5.32 Å². The van der Waals surface area contributed by atoms with Crippen LogP contribution in [0.25, 0.3) is 83.3 Å². The number of nitrogens with zero attached hydrogens (tertiary/aromatic N) is 2. The Balaban J connectivity index is 1.13. The van der Waals surface area contributed by atoms with Crippen molar-refractivity contribution in [1.82, 2.24) is 15.3 Å². The van der Waals surface area contributed by atoms with Gasteiger partial charge in [0.25, 0.3) is 0 Å². The first-order valence-electron chi connectivity index (χ1n) is 17.0. The van der Waals surface area contributed by atoms with Crippen LogP contribution < -0.4 is 5.32 Å². The maximum absolute atomic E-state index is 5.19. The highest BCUT2D eigenvalue weighted by Gasteiger charge is 2.13. The number of fused-ring (bicyclic) bond motifs is 2. The minimum Gasteiger partial charge on any atom is -0.387 e. The zero-order valence-corrected chi connectivity index (χ0v) is 27.4. The molecule has 0 spiro atoms. The molecule has 0 atom stereocenters. The van der Waals surface area contributed by atoms with Crippen LogP contribution in [-0.2, 0) is 0 Å². The number of benzene rings is 7. The second-order valence-electron chi connectivity index (χ2n) is 12.7. The zero-order valence-electron chi connectivity index (χ0n) is 27.4. The van der Waals surface area contributed by atoms with E-state index in [2.05, 4.69) is 175 Å². The predicted molar refractivity (Wildman–Crippen MR) is 209 cm³/mol. The summed E-state index contributed by atoms with van der Waals surface area (Å²) in [5, 5.41) is 8.26. The molecule has 236 valence electrons. The fourth-order valence-electron chi connectivity index (χ4n) is 6.89. The maximum Gasteiger partial charge on any atom is 0.160 e. The highest BCUT2D eigenvalue weighted by Crippen LogP contribution is 2.34. The summed E-state index contributed by atoms with van der Waals surface area (Å²) in [6, 6.07) is 58.3. The molecule has 2 heterocycles. The molecule has 3 nitrogen and oxygen atoms in total. The van der Waals surface area contributed by atoms with Crippen LogP contribution in [0.4, 0.5) is 0 Å². The number of rotatable bonds is 6. The van der Waals surface area contributed by atoms with E-state index in [1.165, 1.54) is 49.4 Å². The van der Waals surface area contributed by atoms with Crippen LogP contribution in [0.1, 0.15) is 5.56 Å². The topological polar surface area (TPSA) is 37.8 Å². The van der Waals surface area contributed by atoms with Gasteiger partial charge in [-0.25, -0.2) is 9.97 Å². The molecule has 1 aliphatic heterocycles. The van der Waals surface area contributed by atoms with Crippen LogP contribution in [0.15, 0.2) is 182 Å². The van der Waals surface area contributed by atoms with Crippen molar-refractivity contribution in [3.63, 3.8) is 0 Å². The molecule has 1 N–H and O–H groups in total. The lowest BCUT2D eigenvalue weighted by Gasteiger charge is -2.13. The number of dihydropyridines is 1. The third-order valence-corrected chi connectivity index (χ3v) is 9.57. The van der Waals surface area contributed by atoms with E-state index >= 15 is 0 Å². The van der Waals surface area contributed by atoms with Gasteiger partial charge in [0.15, 0.2) is 5.82 Å². The van der Waals surface area contributed by atoms with E-state index in [0.29, 0.717) is 5.82 Å². The van der Waals surface area contributed by atoms with E-state index in [9.17, 15) is 0 Å². The first-order valence-corrected chi connectivity index (χ1v) is 17.0. The molecule has 0 saturated carbocycles. The van der Waals surface area contributed by atoms with Crippen LogP contribution in [0.2, 0.25) is 0 Å². The molecule has 0 fully saturated rings. The Hall–Kier alpha value is -6.58. The van der Waals surface area contributed by atoms with Gasteiger partial charge in [0, 0.05) is 23.2 Å². The minimum absolute atomic E-state index is 0.700. The molecule has 3 heteroatoms. The first kappa shape index (κ1) is 29.6. The van der Waals surface area contributed by atoms with Crippen LogP contribution in [0.5, 0.6) is 0 Å². The Kier molecular flexibility index (Phi) is 7.56. The van der Waals surface area contributed by atoms with Crippen LogP contribution in [0, 0.1) is 0 Å². The zero-order chi connectivity index (χ0) is 33.3. The molecule has 0 amide bonds. The summed E-state index contributed by atoms with van der Waals surface area (Å²) >= 11 is 0. The average Bonchev–Trinajstić information content (AvgIpc) is 3.21. The molecule has 0 radical (unpaired) electrons. The molecule has 0 unspecified atom stereocenters. The van der Waals surface area contributed by atoms with E-state index in [4.69, 9.17) is 9.97 Å². The van der Waals surface area contributed by atoms with Crippen molar-refractivity contribution in [3.05, 3.63) is 188 Å². The smallest absolute Gasteiger partial charge is 0.160 e. The first-order chi connectivity index (χ1) is 24.7. The lowest BCUT2D eigenvalue weighted by Crippen LogP contribution is -2.11. The van der Waals surface area contributed by atoms with Crippen molar-refractivity contribution >= 4 is 27.1 Å². The fraction of sp³-hybridized carbons (Fsp3) is 0.0213. The highest BCUT2D eigenvalue weighted by atomic mass is 14.9. The van der Waals surface area contributed by atoms with Gasteiger partial charge in [-0.1, -0.05) is 152 Å². The Morgan fingerprint density at radius 3 is 1.86 bits per heavy atom. The van der Waals surface area contributed by atoms with Gasteiger partial charge >= 0.3 is 0 Å². The van der Waals surface area contributed by atoms with E-state index in [1.807, 2.05) is 12.3 Å². The van der Waals surface area contributed by atoms with Crippen LogP contribution >= 0.6 is 0 Å². The maximum atomic E-state index is 5.19. The Bertz CT molecular complexity index is 2570. The Morgan fingerprint density at radius 2 is 1.04 bits per heavy atom. The van der Waals surface area contributed by atoms with Crippen molar-refractivity contribution in [2.75, 3.05) is 6.54 Å². The van der Waals surface area contributed by atoms with Gasteiger partial charge in [0.05, 0.1) is 11.4 Å². The van der Waals surface area contributed by atoms with Gasteiger partial charge in [0.2, 0.25) is 0 Å². The normalized spacial score (nSPS) is 12.5. The summed E-state index contributed by atoms with van der Waals surface area (Å²) < 4.78 is 0. The Labute approximate surface area is 292 Å². The van der Waals surface area contributed by atoms with Crippen molar-refractivity contribution < 1.29 is 0 Å². The van der Waals surface area contributed by atoms with E-state index in [1.54, 1.807) is 0 Å². The quantitative estimate of drug-likeness (QED) is 0.197. The molecular weight excluding hydrogens is 607 g/mol. The third-order valence-electron chi connectivity index (χ3n) is 9.57. The highest BCUT2D eigenvalue weighted by molar-refractivity contribution is 5.97. The second kappa shape index (κ2) is 12.8. The summed E-state index contributed by atoms with van der Waals surface area (Å²) in [7, 11) is 0. The molecule has 0 aliphatic carbocycles. The molecule has 8 aromatic rings. The van der Waals surface area contributed by atoms with Crippen LogP contribution in [0.3, 0.4) is 0 Å². The SMILES string of the molecule is C1=CNCC(c2ccc(-c3cc(-c4cccc(-c5ccc6ccccc6c5)c4)nc(-c4ccc(-c5cccc6ccccc56)cc4)n3)cc2)=C1. The summed E-state index contributed by atoms with van der Waals surface area (Å²) in [6.45, 7) is 0.819. The van der Waals surface area contributed by atoms with Crippen molar-refractivity contribution in [1.29, 1.82) is 0 Å². The molecule has 0 saturated heterocycles. The summed E-state index contributed by atoms with van der Waals surface area (Å²) in [5.41, 5.74) is 12.0. The van der Waals surface area contributed by atoms with Gasteiger partial charge in [0.1, 0.15) is 0 Å². The number of nitrogens with one attached hydrogen (secondary N) is 1. The van der Waals surface area contributed by atoms with Crippen molar-refractivity contribution in [2.45, 2.75) is 0 Å². The van der Waals surface area contributed by atoms with Gasteiger partial charge in [-0.05, 0) is 85.4 Å². The summed E-state index contributed by atoms with van der Waals surface area (Å²) in [5.74, 6) is 0.700. The van der Waals surface area contributed by atoms with Crippen LogP contribution in [-0.4, -0.2) is 16.5 Å². The number of allylic oxidation sites excluding steroid dienone is 2. The number of hydrogen-bond donors (Lipinski definition) is 1. The third kappa shape index (κ3) is 5.76. The monoisotopic (exact) mass is 639 g/mol. The fourth-order valence-corrected chi connectivity index (χ4v) is 6.89. The summed E-state index contributed by atoms with van der Waals surface area (Å²) in [6.07, 6.45) is 6.19. The van der Waals surface area contributed by atoms with Crippen molar-refractivity contribution in [3.8, 4) is 56.2 Å². The minimum atomic E-state index is 0.700. The van der Waals surface area contributed by atoms with E-state index < -0.39 is 0 Å². The van der Waals surface area contributed by atoms with Gasteiger partial charge in [-0.3, -0.25) is 0 Å². The summed E-state index contributed by atoms with van der Waals surface area (Å²) in [4.78, 5) is 10.4.